The Morgan fingerprint density at radius 2 is 2.05 bits per heavy atom. The van der Waals surface area contributed by atoms with Crippen LogP contribution >= 0.6 is 0 Å². The van der Waals surface area contributed by atoms with Crippen molar-refractivity contribution in [2.45, 2.75) is 0 Å². The molecule has 2 heterocycles. The predicted molar refractivity (Wildman–Crippen MR) is 65.7 cm³/mol. The molecule has 0 saturated carbocycles. The molecule has 1 N–H and O–H groups in total. The zero-order valence-electron chi connectivity index (χ0n) is 9.92. The van der Waals surface area contributed by atoms with Gasteiger partial charge in [-0.2, -0.15) is 5.10 Å². The van der Waals surface area contributed by atoms with Gasteiger partial charge in [-0.1, -0.05) is 0 Å². The molecule has 0 radical (unpaired) electrons. The number of aromatic carboxylic acids is 1. The van der Waals surface area contributed by atoms with Crippen LogP contribution in [0.1, 0.15) is 10.5 Å². The molecule has 0 amide bonds. The lowest BCUT2D eigenvalue weighted by Crippen LogP contribution is -2.03. The summed E-state index contributed by atoms with van der Waals surface area (Å²) in [5.74, 6) is -2.82. The van der Waals surface area contributed by atoms with E-state index in [-0.39, 0.29) is 22.4 Å². The first-order valence-corrected chi connectivity index (χ1v) is 5.60. The molecule has 0 fully saturated rings. The summed E-state index contributed by atoms with van der Waals surface area (Å²) in [6.07, 6.45) is 1.44. The van der Waals surface area contributed by atoms with E-state index in [1.54, 1.807) is 6.07 Å². The summed E-state index contributed by atoms with van der Waals surface area (Å²) >= 11 is 0. The fourth-order valence-corrected chi connectivity index (χ4v) is 1.93. The molecule has 3 aromatic rings. The van der Waals surface area contributed by atoms with E-state index in [9.17, 15) is 13.6 Å². The third-order valence-corrected chi connectivity index (χ3v) is 2.78. The second-order valence-corrected chi connectivity index (χ2v) is 4.04. The van der Waals surface area contributed by atoms with Crippen molar-refractivity contribution < 1.29 is 18.7 Å². The lowest BCUT2D eigenvalue weighted by molar-refractivity contribution is 0.0692. The summed E-state index contributed by atoms with van der Waals surface area (Å²) in [5, 5.41) is 13.2. The van der Waals surface area contributed by atoms with Crippen molar-refractivity contribution in [2.75, 3.05) is 0 Å². The van der Waals surface area contributed by atoms with Crippen LogP contribution < -0.4 is 0 Å². The molecule has 2 aromatic heterocycles. The van der Waals surface area contributed by atoms with E-state index in [4.69, 9.17) is 5.11 Å². The van der Waals surface area contributed by atoms with Crippen molar-refractivity contribution in [1.29, 1.82) is 0 Å². The van der Waals surface area contributed by atoms with Crippen LogP contribution in [0, 0.1) is 11.6 Å². The van der Waals surface area contributed by atoms with Crippen molar-refractivity contribution in [2.24, 2.45) is 0 Å². The summed E-state index contributed by atoms with van der Waals surface area (Å²) in [5.41, 5.74) is -0.116. The van der Waals surface area contributed by atoms with E-state index >= 15 is 0 Å². The number of fused-ring (bicyclic) bond motifs is 1. The number of rotatable bonds is 2. The van der Waals surface area contributed by atoms with Crippen LogP contribution in [0.25, 0.3) is 16.7 Å². The number of pyridine rings is 1. The monoisotopic (exact) mass is 275 g/mol. The van der Waals surface area contributed by atoms with Gasteiger partial charge in [0.1, 0.15) is 11.5 Å². The second-order valence-electron chi connectivity index (χ2n) is 4.04. The molecule has 20 heavy (non-hydrogen) atoms. The van der Waals surface area contributed by atoms with Crippen LogP contribution in [-0.2, 0) is 0 Å². The number of hydrogen-bond acceptors (Lipinski definition) is 3. The molecule has 0 aliphatic rings. The molecule has 5 nitrogen and oxygen atoms in total. The molecule has 0 bridgehead atoms. The van der Waals surface area contributed by atoms with Crippen molar-refractivity contribution in [3.05, 3.63) is 53.9 Å². The summed E-state index contributed by atoms with van der Waals surface area (Å²) in [6.45, 7) is 0. The van der Waals surface area contributed by atoms with Gasteiger partial charge in [0, 0.05) is 12.3 Å². The average Bonchev–Trinajstić information content (AvgIpc) is 2.78. The highest BCUT2D eigenvalue weighted by atomic mass is 19.1. The molecule has 1 aromatic carbocycles. The third kappa shape index (κ3) is 1.80. The van der Waals surface area contributed by atoms with Gasteiger partial charge in [0.05, 0.1) is 5.39 Å². The van der Waals surface area contributed by atoms with Crippen LogP contribution in [0.3, 0.4) is 0 Å². The second kappa shape index (κ2) is 4.37. The van der Waals surface area contributed by atoms with Gasteiger partial charge in [-0.25, -0.2) is 23.2 Å². The normalized spacial score (nSPS) is 10.9. The summed E-state index contributed by atoms with van der Waals surface area (Å²) in [7, 11) is 0. The molecule has 3 rings (SSSR count). The minimum atomic E-state index is -1.25. The number of nitrogens with zero attached hydrogens (tertiary/aromatic N) is 3. The number of aromatic nitrogens is 3. The van der Waals surface area contributed by atoms with Gasteiger partial charge < -0.3 is 5.11 Å². The molecule has 0 unspecified atom stereocenters. The lowest BCUT2D eigenvalue weighted by Gasteiger charge is -2.03. The number of carboxylic acid groups (broad SMARTS) is 1. The number of halogens is 2. The van der Waals surface area contributed by atoms with E-state index in [0.29, 0.717) is 6.07 Å². The SMILES string of the molecule is O=C(O)c1nn(-c2ccc(F)cc2F)c2ncccc12. The highest BCUT2D eigenvalue weighted by Crippen LogP contribution is 2.22. The Labute approximate surface area is 111 Å². The topological polar surface area (TPSA) is 68.0 Å². The first kappa shape index (κ1) is 12.2. The van der Waals surface area contributed by atoms with Gasteiger partial charge in [0.15, 0.2) is 17.2 Å². The fourth-order valence-electron chi connectivity index (χ4n) is 1.93. The molecular formula is C13H7F2N3O2. The maximum atomic E-state index is 13.8. The average molecular weight is 275 g/mol. The van der Waals surface area contributed by atoms with Crippen LogP contribution in [0.4, 0.5) is 8.78 Å². The molecule has 0 aliphatic heterocycles. The Morgan fingerprint density at radius 3 is 2.75 bits per heavy atom. The van der Waals surface area contributed by atoms with E-state index in [1.165, 1.54) is 18.3 Å². The lowest BCUT2D eigenvalue weighted by atomic mass is 10.2. The Bertz CT molecular complexity index is 830. The Kier molecular flexibility index (Phi) is 2.67. The number of carbonyl (C=O) groups is 1. The van der Waals surface area contributed by atoms with Gasteiger partial charge in [0.2, 0.25) is 0 Å². The molecule has 7 heteroatoms. The standard InChI is InChI=1S/C13H7F2N3O2/c14-7-3-4-10(9(15)6-7)18-12-8(2-1-5-16-12)11(17-18)13(19)20/h1-6H,(H,19,20). The minimum Gasteiger partial charge on any atom is -0.476 e. The molecule has 0 saturated heterocycles. The number of carboxylic acids is 1. The highest BCUT2D eigenvalue weighted by Gasteiger charge is 2.19. The summed E-state index contributed by atoms with van der Waals surface area (Å²) < 4.78 is 27.8. The van der Waals surface area contributed by atoms with Crippen molar-refractivity contribution in [3.63, 3.8) is 0 Å². The molecule has 0 atom stereocenters. The van der Waals surface area contributed by atoms with Gasteiger partial charge in [-0.3, -0.25) is 0 Å². The fraction of sp³-hybridized carbons (Fsp3) is 0. The molecular weight excluding hydrogens is 268 g/mol. The van der Waals surface area contributed by atoms with E-state index in [0.717, 1.165) is 10.7 Å². The number of hydrogen-bond donors (Lipinski definition) is 1. The zero-order chi connectivity index (χ0) is 14.3. The smallest absolute Gasteiger partial charge is 0.357 e. The third-order valence-electron chi connectivity index (χ3n) is 2.78. The quantitative estimate of drug-likeness (QED) is 0.779. The highest BCUT2D eigenvalue weighted by molar-refractivity contribution is 6.00. The van der Waals surface area contributed by atoms with Gasteiger partial charge in [-0.05, 0) is 24.3 Å². The van der Waals surface area contributed by atoms with Crippen LogP contribution in [0.2, 0.25) is 0 Å². The van der Waals surface area contributed by atoms with E-state index in [1.807, 2.05) is 0 Å². The molecule has 0 aliphatic carbocycles. The molecule has 100 valence electrons. The van der Waals surface area contributed by atoms with E-state index in [2.05, 4.69) is 10.1 Å². The Balaban J connectivity index is 2.34. The van der Waals surface area contributed by atoms with E-state index < -0.39 is 17.6 Å². The van der Waals surface area contributed by atoms with Crippen LogP contribution in [0.5, 0.6) is 0 Å². The maximum absolute atomic E-state index is 13.8. The van der Waals surface area contributed by atoms with Crippen molar-refractivity contribution in [3.8, 4) is 5.69 Å². The number of benzene rings is 1. The zero-order valence-corrected chi connectivity index (χ0v) is 9.92. The molecule has 0 spiro atoms. The summed E-state index contributed by atoms with van der Waals surface area (Å²) in [4.78, 5) is 15.1. The maximum Gasteiger partial charge on any atom is 0.357 e. The predicted octanol–water partition coefficient (Wildman–Crippen LogP) is 2.40. The first-order chi connectivity index (χ1) is 9.58. The summed E-state index contributed by atoms with van der Waals surface area (Å²) in [6, 6.07) is 6.03. The van der Waals surface area contributed by atoms with Crippen LogP contribution in [-0.4, -0.2) is 25.8 Å². The van der Waals surface area contributed by atoms with Crippen LogP contribution in [0.15, 0.2) is 36.5 Å². The minimum absolute atomic E-state index is 0.0670. The van der Waals surface area contributed by atoms with Gasteiger partial charge in [0.25, 0.3) is 0 Å². The first-order valence-electron chi connectivity index (χ1n) is 5.60. The van der Waals surface area contributed by atoms with Crippen molar-refractivity contribution in [1.82, 2.24) is 14.8 Å². The van der Waals surface area contributed by atoms with Gasteiger partial charge >= 0.3 is 5.97 Å². The largest absolute Gasteiger partial charge is 0.476 e. The Hall–Kier alpha value is -2.83. The van der Waals surface area contributed by atoms with Gasteiger partial charge in [-0.15, -0.1) is 0 Å². The van der Waals surface area contributed by atoms with Crippen molar-refractivity contribution >= 4 is 17.0 Å². The Morgan fingerprint density at radius 1 is 1.25 bits per heavy atom.